The predicted octanol–water partition coefficient (Wildman–Crippen LogP) is 4.19. The van der Waals surface area contributed by atoms with Crippen LogP contribution in [0.1, 0.15) is 25.8 Å². The molecule has 0 saturated heterocycles. The zero-order chi connectivity index (χ0) is 22.7. The molecule has 3 N–H and O–H groups in total. The summed E-state index contributed by atoms with van der Waals surface area (Å²) in [4.78, 5) is 17.0. The van der Waals surface area contributed by atoms with Crippen molar-refractivity contribution in [3.8, 4) is 22.6 Å². The number of rotatable bonds is 7. The average molecular weight is 447 g/mol. The lowest BCUT2D eigenvalue weighted by Gasteiger charge is -2.11. The number of fused-ring (bicyclic) bond motifs is 1. The smallest absolute Gasteiger partial charge is 0.230 e. The molecule has 164 valence electrons. The number of amides is 1. The first-order valence-electron chi connectivity index (χ1n) is 10.6. The van der Waals surface area contributed by atoms with E-state index in [1.807, 2.05) is 44.2 Å². The lowest BCUT2D eigenvalue weighted by molar-refractivity contribution is -0.119. The molecule has 4 rings (SSSR count). The van der Waals surface area contributed by atoms with Gasteiger partial charge in [-0.1, -0.05) is 66.7 Å². The SMILES string of the molecule is CC[C@H](C)NC(=O)CSc1nnc(-c2cc(-c3ccc(C)cc3)nc3ccccc23)n1N. The Morgan fingerprint density at radius 3 is 2.66 bits per heavy atom. The molecular formula is C24H26N6OS. The molecule has 2 aromatic heterocycles. The van der Waals surface area contributed by atoms with Crippen molar-refractivity contribution in [2.24, 2.45) is 0 Å². The third-order valence-electron chi connectivity index (χ3n) is 5.32. The highest BCUT2D eigenvalue weighted by atomic mass is 32.2. The van der Waals surface area contributed by atoms with Gasteiger partial charge in [0, 0.05) is 22.6 Å². The molecule has 0 aliphatic carbocycles. The van der Waals surface area contributed by atoms with Crippen molar-refractivity contribution in [2.45, 2.75) is 38.4 Å². The van der Waals surface area contributed by atoms with Crippen LogP contribution in [0.5, 0.6) is 0 Å². The van der Waals surface area contributed by atoms with E-state index in [9.17, 15) is 4.79 Å². The minimum absolute atomic E-state index is 0.0510. The van der Waals surface area contributed by atoms with E-state index in [4.69, 9.17) is 10.8 Å². The standard InChI is InChI=1S/C24H26N6OS/c1-4-16(3)26-22(31)14-32-24-29-28-23(30(24)25)19-13-21(17-11-9-15(2)10-12-17)27-20-8-6-5-7-18(19)20/h5-13,16H,4,14,25H2,1-3H3,(H,26,31)/t16-/m0/s1. The third kappa shape index (κ3) is 4.60. The maximum Gasteiger partial charge on any atom is 0.230 e. The van der Waals surface area contributed by atoms with Crippen LogP contribution in [0.25, 0.3) is 33.5 Å². The van der Waals surface area contributed by atoms with Crippen LogP contribution in [0, 0.1) is 6.92 Å². The van der Waals surface area contributed by atoms with Crippen molar-refractivity contribution in [2.75, 3.05) is 11.6 Å². The number of nitrogen functional groups attached to an aromatic ring is 1. The Morgan fingerprint density at radius 2 is 1.91 bits per heavy atom. The van der Waals surface area contributed by atoms with E-state index in [2.05, 4.69) is 46.7 Å². The van der Waals surface area contributed by atoms with Crippen LogP contribution in [0.3, 0.4) is 0 Å². The van der Waals surface area contributed by atoms with Gasteiger partial charge in [0.15, 0.2) is 5.82 Å². The number of nitrogens with one attached hydrogen (secondary N) is 1. The Morgan fingerprint density at radius 1 is 1.16 bits per heavy atom. The molecule has 0 aliphatic heterocycles. The fourth-order valence-electron chi connectivity index (χ4n) is 3.34. The van der Waals surface area contributed by atoms with E-state index in [-0.39, 0.29) is 17.7 Å². The van der Waals surface area contributed by atoms with Crippen molar-refractivity contribution in [1.82, 2.24) is 25.2 Å². The summed E-state index contributed by atoms with van der Waals surface area (Å²) < 4.78 is 1.45. The first-order valence-corrected chi connectivity index (χ1v) is 11.5. The molecule has 7 nitrogen and oxygen atoms in total. The zero-order valence-electron chi connectivity index (χ0n) is 18.4. The number of thioether (sulfide) groups is 1. The summed E-state index contributed by atoms with van der Waals surface area (Å²) in [5.74, 6) is 7.07. The molecule has 0 unspecified atom stereocenters. The molecule has 0 spiro atoms. The minimum Gasteiger partial charge on any atom is -0.353 e. The van der Waals surface area contributed by atoms with E-state index in [1.54, 1.807) is 0 Å². The molecule has 0 bridgehead atoms. The van der Waals surface area contributed by atoms with E-state index >= 15 is 0 Å². The molecule has 8 heteroatoms. The molecule has 0 saturated carbocycles. The molecule has 1 atom stereocenters. The number of nitrogens with two attached hydrogens (primary N) is 1. The number of hydrogen-bond donors (Lipinski definition) is 2. The summed E-state index contributed by atoms with van der Waals surface area (Å²) in [5, 5.41) is 12.9. The van der Waals surface area contributed by atoms with Gasteiger partial charge in [0.25, 0.3) is 0 Å². The van der Waals surface area contributed by atoms with Gasteiger partial charge >= 0.3 is 0 Å². The summed E-state index contributed by atoms with van der Waals surface area (Å²) in [7, 11) is 0. The first-order chi connectivity index (χ1) is 15.5. The Kier molecular flexibility index (Phi) is 6.41. The van der Waals surface area contributed by atoms with Crippen molar-refractivity contribution in [1.29, 1.82) is 0 Å². The van der Waals surface area contributed by atoms with Crippen molar-refractivity contribution in [3.05, 3.63) is 60.2 Å². The molecule has 0 fully saturated rings. The van der Waals surface area contributed by atoms with E-state index in [0.29, 0.717) is 11.0 Å². The molecule has 0 radical (unpaired) electrons. The van der Waals surface area contributed by atoms with Gasteiger partial charge in [-0.2, -0.15) is 0 Å². The highest BCUT2D eigenvalue weighted by Crippen LogP contribution is 2.32. The second kappa shape index (κ2) is 9.40. The van der Waals surface area contributed by atoms with Gasteiger partial charge in [-0.3, -0.25) is 4.79 Å². The lowest BCUT2D eigenvalue weighted by atomic mass is 10.0. The van der Waals surface area contributed by atoms with Gasteiger partial charge in [0.2, 0.25) is 11.1 Å². The molecule has 4 aromatic rings. The Bertz CT molecular complexity index is 1250. The van der Waals surface area contributed by atoms with Crippen LogP contribution in [0.4, 0.5) is 0 Å². The summed E-state index contributed by atoms with van der Waals surface area (Å²) >= 11 is 1.27. The quantitative estimate of drug-likeness (QED) is 0.326. The fraction of sp³-hybridized carbons (Fsp3) is 0.250. The minimum atomic E-state index is -0.0510. The van der Waals surface area contributed by atoms with Gasteiger partial charge in [-0.05, 0) is 32.4 Å². The number of carbonyl (C=O) groups excluding carboxylic acids is 1. The number of benzene rings is 2. The van der Waals surface area contributed by atoms with Gasteiger partial charge in [0.1, 0.15) is 0 Å². The fourth-order valence-corrected chi connectivity index (χ4v) is 4.01. The molecule has 2 heterocycles. The topological polar surface area (TPSA) is 98.7 Å². The highest BCUT2D eigenvalue weighted by Gasteiger charge is 2.18. The highest BCUT2D eigenvalue weighted by molar-refractivity contribution is 7.99. The summed E-state index contributed by atoms with van der Waals surface area (Å²) in [6.07, 6.45) is 0.881. The number of hydrogen-bond acceptors (Lipinski definition) is 6. The summed E-state index contributed by atoms with van der Waals surface area (Å²) in [5.41, 5.74) is 4.74. The van der Waals surface area contributed by atoms with Gasteiger partial charge in [-0.15, -0.1) is 10.2 Å². The van der Waals surface area contributed by atoms with Crippen LogP contribution in [-0.4, -0.2) is 37.6 Å². The van der Waals surface area contributed by atoms with Crippen molar-refractivity contribution in [3.63, 3.8) is 0 Å². The largest absolute Gasteiger partial charge is 0.353 e. The molecule has 32 heavy (non-hydrogen) atoms. The molecule has 2 aromatic carbocycles. The predicted molar refractivity (Wildman–Crippen MR) is 130 cm³/mol. The molecular weight excluding hydrogens is 420 g/mol. The third-order valence-corrected chi connectivity index (χ3v) is 6.26. The van der Waals surface area contributed by atoms with Gasteiger partial charge in [-0.25, -0.2) is 9.66 Å². The molecule has 0 aliphatic rings. The van der Waals surface area contributed by atoms with Crippen molar-refractivity contribution >= 4 is 28.6 Å². The van der Waals surface area contributed by atoms with Crippen LogP contribution in [0.2, 0.25) is 0 Å². The van der Waals surface area contributed by atoms with Crippen LogP contribution >= 0.6 is 11.8 Å². The van der Waals surface area contributed by atoms with Gasteiger partial charge in [0.05, 0.1) is 17.0 Å². The van der Waals surface area contributed by atoms with Crippen LogP contribution in [0.15, 0.2) is 59.8 Å². The number of aryl methyl sites for hydroxylation is 1. The summed E-state index contributed by atoms with van der Waals surface area (Å²) in [6.45, 7) is 6.07. The first kappa shape index (κ1) is 21.8. The Labute approximate surface area is 191 Å². The van der Waals surface area contributed by atoms with E-state index in [1.165, 1.54) is 22.0 Å². The number of carbonyl (C=O) groups is 1. The monoisotopic (exact) mass is 446 g/mol. The Balaban J connectivity index is 1.69. The van der Waals surface area contributed by atoms with Crippen LogP contribution < -0.4 is 11.2 Å². The zero-order valence-corrected chi connectivity index (χ0v) is 19.2. The normalized spacial score (nSPS) is 12.1. The second-order valence-corrected chi connectivity index (χ2v) is 8.72. The van der Waals surface area contributed by atoms with Crippen molar-refractivity contribution < 1.29 is 4.79 Å². The van der Waals surface area contributed by atoms with E-state index in [0.717, 1.165) is 34.1 Å². The van der Waals surface area contributed by atoms with E-state index < -0.39 is 0 Å². The molecule has 1 amide bonds. The summed E-state index contributed by atoms with van der Waals surface area (Å²) in [6, 6.07) is 18.3. The number of para-hydroxylation sites is 1. The maximum atomic E-state index is 12.1. The van der Waals surface area contributed by atoms with Crippen LogP contribution in [-0.2, 0) is 4.79 Å². The maximum absolute atomic E-state index is 12.1. The average Bonchev–Trinajstić information content (AvgIpc) is 3.17. The number of pyridine rings is 1. The lowest BCUT2D eigenvalue weighted by Crippen LogP contribution is -2.33. The Hall–Kier alpha value is -3.39. The number of aromatic nitrogens is 4. The second-order valence-electron chi connectivity index (χ2n) is 7.78. The number of nitrogens with zero attached hydrogens (tertiary/aromatic N) is 4. The van der Waals surface area contributed by atoms with Gasteiger partial charge < -0.3 is 11.2 Å².